The quantitative estimate of drug-likeness (QED) is 0.232. The molecule has 3 rings (SSSR count). The highest BCUT2D eigenvalue weighted by Crippen LogP contribution is 2.44. The number of halogens is 3. The Kier molecular flexibility index (Phi) is 10.1. The Labute approximate surface area is 241 Å². The minimum Gasteiger partial charge on any atom is -0.466 e. The van der Waals surface area contributed by atoms with Gasteiger partial charge >= 0.3 is 24.1 Å². The van der Waals surface area contributed by atoms with E-state index in [0.717, 1.165) is 30.2 Å². The van der Waals surface area contributed by atoms with Crippen LogP contribution in [0.4, 0.5) is 18.9 Å². The van der Waals surface area contributed by atoms with E-state index in [9.17, 15) is 32.8 Å². The molecule has 42 heavy (non-hydrogen) atoms. The molecule has 9 nitrogen and oxygen atoms in total. The van der Waals surface area contributed by atoms with Crippen LogP contribution in [0.15, 0.2) is 59.8 Å². The van der Waals surface area contributed by atoms with Crippen LogP contribution in [0.1, 0.15) is 56.2 Å². The molecule has 2 aromatic carbocycles. The molecule has 3 atom stereocenters. The first-order valence-corrected chi connectivity index (χ1v) is 13.1. The van der Waals surface area contributed by atoms with E-state index in [1.807, 2.05) is 13.0 Å². The van der Waals surface area contributed by atoms with E-state index in [1.165, 1.54) is 44.2 Å². The number of rotatable bonds is 9. The highest BCUT2D eigenvalue weighted by atomic mass is 19.4. The van der Waals surface area contributed by atoms with E-state index in [1.54, 1.807) is 0 Å². The van der Waals surface area contributed by atoms with Gasteiger partial charge in [0, 0.05) is 17.3 Å². The summed E-state index contributed by atoms with van der Waals surface area (Å²) < 4.78 is 56.3. The summed E-state index contributed by atoms with van der Waals surface area (Å²) in [4.78, 5) is 40.4. The second-order valence-electron chi connectivity index (χ2n) is 9.55. The molecular weight excluding hydrogens is 555 g/mol. The van der Waals surface area contributed by atoms with Gasteiger partial charge in [0.25, 0.3) is 0 Å². The topological polar surface area (TPSA) is 130 Å². The van der Waals surface area contributed by atoms with Crippen molar-refractivity contribution in [3.8, 4) is 6.07 Å². The molecule has 0 radical (unpaired) electrons. The van der Waals surface area contributed by atoms with Crippen molar-refractivity contribution in [2.45, 2.75) is 51.8 Å². The van der Waals surface area contributed by atoms with Gasteiger partial charge in [-0.05, 0) is 56.2 Å². The summed E-state index contributed by atoms with van der Waals surface area (Å²) in [6.45, 7) is 4.59. The zero-order valence-corrected chi connectivity index (χ0v) is 23.4. The number of nitrogens with zero attached hydrogens (tertiary/aromatic N) is 2. The number of hydrogen-bond acceptors (Lipinski definition) is 8. The zero-order valence-electron chi connectivity index (χ0n) is 23.4. The molecule has 1 aliphatic heterocycles. The Morgan fingerprint density at radius 1 is 1.14 bits per heavy atom. The molecule has 0 aliphatic carbocycles. The van der Waals surface area contributed by atoms with E-state index >= 15 is 0 Å². The molecule has 2 unspecified atom stereocenters. The van der Waals surface area contributed by atoms with Crippen molar-refractivity contribution in [2.75, 3.05) is 18.6 Å². The molecule has 0 fully saturated rings. The van der Waals surface area contributed by atoms with Gasteiger partial charge in [-0.1, -0.05) is 31.5 Å². The van der Waals surface area contributed by atoms with Gasteiger partial charge < -0.3 is 19.1 Å². The molecule has 0 bridgehead atoms. The van der Waals surface area contributed by atoms with Gasteiger partial charge in [0.15, 0.2) is 6.10 Å². The van der Waals surface area contributed by atoms with Crippen LogP contribution < -0.4 is 4.90 Å². The molecule has 1 N–H and O–H groups in total. The lowest BCUT2D eigenvalue weighted by Crippen LogP contribution is -2.48. The van der Waals surface area contributed by atoms with Crippen LogP contribution in [0.3, 0.4) is 0 Å². The maximum absolute atomic E-state index is 13.7. The van der Waals surface area contributed by atoms with Crippen molar-refractivity contribution in [1.29, 1.82) is 10.7 Å². The maximum atomic E-state index is 13.7. The summed E-state index contributed by atoms with van der Waals surface area (Å²) in [6, 6.07) is 12.1. The number of alkyl halides is 3. The number of anilines is 1. The molecule has 222 valence electrons. The normalized spacial score (nSPS) is 17.8. The van der Waals surface area contributed by atoms with Crippen molar-refractivity contribution in [3.05, 3.63) is 76.5 Å². The Morgan fingerprint density at radius 3 is 2.38 bits per heavy atom. The number of unbranched alkanes of at least 4 members (excludes halogenated alkanes) is 1. The smallest absolute Gasteiger partial charge is 0.416 e. The molecule has 0 amide bonds. The second kappa shape index (κ2) is 13.3. The minimum absolute atomic E-state index is 0.00774. The molecule has 2 aromatic rings. The molecule has 0 saturated heterocycles. The summed E-state index contributed by atoms with van der Waals surface area (Å²) >= 11 is 0. The predicted octanol–water partition coefficient (Wildman–Crippen LogP) is 5.50. The number of carbonyl (C=O) groups is 3. The van der Waals surface area contributed by atoms with E-state index in [-0.39, 0.29) is 23.6 Å². The van der Waals surface area contributed by atoms with Crippen molar-refractivity contribution in [1.82, 2.24) is 0 Å². The van der Waals surface area contributed by atoms with Gasteiger partial charge in [0.1, 0.15) is 11.8 Å². The highest BCUT2D eigenvalue weighted by Gasteiger charge is 2.48. The van der Waals surface area contributed by atoms with Gasteiger partial charge in [-0.15, -0.1) is 0 Å². The van der Waals surface area contributed by atoms with Crippen LogP contribution in [-0.2, 0) is 34.8 Å². The lowest BCUT2D eigenvalue weighted by atomic mass is 9.75. The number of nitriles is 1. The van der Waals surface area contributed by atoms with Crippen LogP contribution in [-0.4, -0.2) is 43.6 Å². The van der Waals surface area contributed by atoms with Gasteiger partial charge in [-0.25, -0.2) is 9.59 Å². The van der Waals surface area contributed by atoms with E-state index < -0.39 is 53.4 Å². The average molecular weight is 586 g/mol. The molecule has 1 aliphatic rings. The Balaban J connectivity index is 2.30. The molecule has 0 saturated carbocycles. The first-order valence-electron chi connectivity index (χ1n) is 13.1. The SMILES string of the molecule is CCCCOC(=O)C1C(=N)N(c2cccc(C(F)(F)F)c2)C(C)=C(C(=O)O[C@@H](C)C(=O)OC)C1c1ccc(C#N)cc1. The number of esters is 3. The summed E-state index contributed by atoms with van der Waals surface area (Å²) in [7, 11) is 1.11. The van der Waals surface area contributed by atoms with Crippen LogP contribution in [0, 0.1) is 22.7 Å². The number of ether oxygens (including phenoxy) is 3. The van der Waals surface area contributed by atoms with Crippen LogP contribution >= 0.6 is 0 Å². The first kappa shape index (κ1) is 31.9. The monoisotopic (exact) mass is 585 g/mol. The summed E-state index contributed by atoms with van der Waals surface area (Å²) in [5.41, 5.74) is -0.656. The van der Waals surface area contributed by atoms with Crippen LogP contribution in [0.2, 0.25) is 0 Å². The number of nitrogens with one attached hydrogen (secondary N) is 1. The number of amidine groups is 1. The average Bonchev–Trinajstić information content (AvgIpc) is 2.96. The van der Waals surface area contributed by atoms with Gasteiger partial charge in [0.2, 0.25) is 0 Å². The third kappa shape index (κ3) is 6.79. The fraction of sp³-hybridized carbons (Fsp3) is 0.367. The maximum Gasteiger partial charge on any atom is 0.416 e. The van der Waals surface area contributed by atoms with Crippen LogP contribution in [0.25, 0.3) is 0 Å². The lowest BCUT2D eigenvalue weighted by molar-refractivity contribution is -0.162. The number of allylic oxidation sites excluding steroid dienone is 1. The fourth-order valence-electron chi connectivity index (χ4n) is 4.64. The predicted molar refractivity (Wildman–Crippen MR) is 145 cm³/mol. The number of benzene rings is 2. The van der Waals surface area contributed by atoms with Crippen LogP contribution in [0.5, 0.6) is 0 Å². The number of carbonyl (C=O) groups excluding carboxylic acids is 3. The van der Waals surface area contributed by atoms with E-state index in [4.69, 9.17) is 14.9 Å². The lowest BCUT2D eigenvalue weighted by Gasteiger charge is -2.41. The standard InChI is InChI=1S/C30H30F3N3O6/c1-5-6-14-41-28(38)25-24(20-12-10-19(16-34)11-13-20)23(29(39)42-18(3)27(37)40-4)17(2)36(26(25)35)22-9-7-8-21(15-22)30(31,32)33/h7-13,15,18,24-25,35H,5-6,14H2,1-4H3/t18-,24?,25?/m0/s1. The Hall–Kier alpha value is -4.66. The molecule has 12 heteroatoms. The van der Waals surface area contributed by atoms with E-state index in [2.05, 4.69) is 4.74 Å². The molecule has 0 spiro atoms. The van der Waals surface area contributed by atoms with E-state index in [0.29, 0.717) is 24.0 Å². The minimum atomic E-state index is -4.70. The first-order chi connectivity index (χ1) is 19.8. The third-order valence-corrected chi connectivity index (χ3v) is 6.77. The summed E-state index contributed by atoms with van der Waals surface area (Å²) in [6.07, 6.45) is -4.84. The third-order valence-electron chi connectivity index (χ3n) is 6.77. The van der Waals surface area contributed by atoms with Crippen molar-refractivity contribution < 1.29 is 41.8 Å². The second-order valence-corrected chi connectivity index (χ2v) is 9.55. The largest absolute Gasteiger partial charge is 0.466 e. The van der Waals surface area contributed by atoms with Crippen molar-refractivity contribution >= 4 is 29.4 Å². The number of hydrogen-bond donors (Lipinski definition) is 1. The van der Waals surface area contributed by atoms with Crippen molar-refractivity contribution in [2.24, 2.45) is 5.92 Å². The molecule has 1 heterocycles. The number of methoxy groups -OCH3 is 1. The van der Waals surface area contributed by atoms with Gasteiger partial charge in [-0.3, -0.25) is 10.2 Å². The Bertz CT molecular complexity index is 1430. The molecule has 0 aromatic heterocycles. The highest BCUT2D eigenvalue weighted by molar-refractivity contribution is 6.14. The molecular formula is C30H30F3N3O6. The Morgan fingerprint density at radius 2 is 1.81 bits per heavy atom. The zero-order chi connectivity index (χ0) is 31.2. The van der Waals surface area contributed by atoms with Gasteiger partial charge in [0.05, 0.1) is 36.5 Å². The summed E-state index contributed by atoms with van der Waals surface area (Å²) in [5, 5.41) is 18.3. The van der Waals surface area contributed by atoms with Gasteiger partial charge in [-0.2, -0.15) is 18.4 Å². The van der Waals surface area contributed by atoms with Crippen molar-refractivity contribution in [3.63, 3.8) is 0 Å². The summed E-state index contributed by atoms with van der Waals surface area (Å²) in [5.74, 6) is -5.90. The fourth-order valence-corrected chi connectivity index (χ4v) is 4.64.